The fraction of sp³-hybridized carbons (Fsp3) is 0.0870. The quantitative estimate of drug-likeness (QED) is 0.408. The minimum Gasteiger partial charge on any atom is -0.424 e. The summed E-state index contributed by atoms with van der Waals surface area (Å²) in [6, 6.07) is 16.6. The predicted molar refractivity (Wildman–Crippen MR) is 122 cm³/mol. The van der Waals surface area contributed by atoms with Crippen molar-refractivity contribution in [2.24, 2.45) is 10.7 Å². The Morgan fingerprint density at radius 3 is 2.75 bits per heavy atom. The van der Waals surface area contributed by atoms with Gasteiger partial charge in [-0.05, 0) is 60.5 Å². The maximum Gasteiger partial charge on any atom is 0.322 e. The third kappa shape index (κ3) is 5.16. The van der Waals surface area contributed by atoms with Gasteiger partial charge in [-0.2, -0.15) is 5.10 Å². The molecule has 0 saturated carbocycles. The van der Waals surface area contributed by atoms with Crippen LogP contribution < -0.4 is 10.5 Å². The predicted octanol–water partition coefficient (Wildman–Crippen LogP) is 4.39. The van der Waals surface area contributed by atoms with Crippen molar-refractivity contribution in [3.8, 4) is 11.8 Å². The number of halogens is 1. The average Bonchev–Trinajstić information content (AvgIpc) is 3.16. The Bertz CT molecular complexity index is 1280. The molecule has 0 aliphatic rings. The van der Waals surface area contributed by atoms with Gasteiger partial charge in [0.05, 0.1) is 5.69 Å². The highest BCUT2D eigenvalue weighted by Gasteiger charge is 2.18. The summed E-state index contributed by atoms with van der Waals surface area (Å²) in [5.41, 5.74) is 8.94. The van der Waals surface area contributed by atoms with E-state index in [0.717, 1.165) is 16.8 Å². The maximum absolute atomic E-state index is 12.0. The molecule has 160 valence electrons. The van der Waals surface area contributed by atoms with Gasteiger partial charge in [0.1, 0.15) is 11.3 Å². The van der Waals surface area contributed by atoms with Gasteiger partial charge in [-0.1, -0.05) is 23.7 Å². The van der Waals surface area contributed by atoms with Gasteiger partial charge in [0.2, 0.25) is 0 Å². The highest BCUT2D eigenvalue weighted by Crippen LogP contribution is 2.23. The number of primary amides is 1. The fourth-order valence-electron chi connectivity index (χ4n) is 3.04. The summed E-state index contributed by atoms with van der Waals surface area (Å²) in [6.45, 7) is 1.86. The third-order valence-electron chi connectivity index (χ3n) is 4.54. The number of carbonyl (C=O) groups excluding carboxylic acids is 1. The number of nitrogens with zero attached hydrogens (tertiary/aromatic N) is 4. The van der Waals surface area contributed by atoms with E-state index >= 15 is 0 Å². The lowest BCUT2D eigenvalue weighted by molar-refractivity contribution is 0.100. The normalized spacial score (nSPS) is 11.1. The molecule has 0 saturated heterocycles. The van der Waals surface area contributed by atoms with E-state index in [1.54, 1.807) is 36.7 Å². The second kappa shape index (κ2) is 9.40. The molecule has 9 heteroatoms. The smallest absolute Gasteiger partial charge is 0.322 e. The van der Waals surface area contributed by atoms with Crippen LogP contribution in [0.5, 0.6) is 11.8 Å². The number of benzene rings is 2. The first kappa shape index (κ1) is 21.2. The molecule has 0 spiro atoms. The van der Waals surface area contributed by atoms with Crippen LogP contribution in [-0.2, 0) is 6.42 Å². The van der Waals surface area contributed by atoms with Gasteiger partial charge >= 0.3 is 6.01 Å². The molecule has 4 aromatic rings. The lowest BCUT2D eigenvalue weighted by Crippen LogP contribution is -2.13. The first-order valence-electron chi connectivity index (χ1n) is 9.71. The van der Waals surface area contributed by atoms with Crippen LogP contribution in [0.2, 0.25) is 5.02 Å². The summed E-state index contributed by atoms with van der Waals surface area (Å²) in [7, 11) is 0. The van der Waals surface area contributed by atoms with E-state index in [9.17, 15) is 4.79 Å². The van der Waals surface area contributed by atoms with Crippen molar-refractivity contribution < 1.29 is 9.53 Å². The first-order chi connectivity index (χ1) is 15.5. The van der Waals surface area contributed by atoms with Crippen LogP contribution in [0.25, 0.3) is 0 Å². The Kier molecular flexibility index (Phi) is 6.23. The number of hydrogen-bond acceptors (Lipinski definition) is 6. The molecule has 3 N–H and O–H groups in total. The minimum absolute atomic E-state index is 0.225. The Hall–Kier alpha value is -4.04. The summed E-state index contributed by atoms with van der Waals surface area (Å²) in [6.07, 6.45) is 3.66. The molecule has 0 radical (unpaired) electrons. The monoisotopic (exact) mass is 446 g/mol. The van der Waals surface area contributed by atoms with Crippen LogP contribution in [0.1, 0.15) is 32.9 Å². The van der Waals surface area contributed by atoms with E-state index in [4.69, 9.17) is 22.1 Å². The summed E-state index contributed by atoms with van der Waals surface area (Å²) < 4.78 is 5.64. The SMILES string of the molecule is Cc1ccnc(Oc2ccc(C=Nc3n[nH]c(Cc4cccc(Cl)c4)c3C(N)=O)cc2)n1. The molecule has 8 nitrogen and oxygen atoms in total. The number of amides is 1. The standard InChI is InChI=1S/C23H19ClN6O2/c1-14-9-10-26-23(28-14)32-18-7-5-15(6-8-18)13-27-22-20(21(25)31)19(29-30-22)12-16-3-2-4-17(24)11-16/h2-11,13H,12H2,1H3,(H2,25,31)(H,29,30). The van der Waals surface area contributed by atoms with Crippen LogP contribution in [0, 0.1) is 6.92 Å². The molecular formula is C23H19ClN6O2. The number of aliphatic imine (C=N–C) groups is 1. The first-order valence-corrected chi connectivity index (χ1v) is 10.1. The maximum atomic E-state index is 12.0. The van der Waals surface area contributed by atoms with Crippen molar-refractivity contribution in [3.05, 3.63) is 93.9 Å². The number of hydrogen-bond donors (Lipinski definition) is 2. The molecule has 1 amide bonds. The zero-order valence-corrected chi connectivity index (χ0v) is 17.9. The van der Waals surface area contributed by atoms with Crippen molar-refractivity contribution in [1.82, 2.24) is 20.2 Å². The van der Waals surface area contributed by atoms with Gasteiger partial charge in [0.25, 0.3) is 5.91 Å². The second-order valence-electron chi connectivity index (χ2n) is 6.98. The van der Waals surface area contributed by atoms with Crippen LogP contribution in [0.4, 0.5) is 5.82 Å². The zero-order chi connectivity index (χ0) is 22.5. The topological polar surface area (TPSA) is 119 Å². The summed E-state index contributed by atoms with van der Waals surface area (Å²) in [5.74, 6) is 0.210. The molecule has 0 aliphatic heterocycles. The third-order valence-corrected chi connectivity index (χ3v) is 4.77. The Morgan fingerprint density at radius 2 is 2.03 bits per heavy atom. The van der Waals surface area contributed by atoms with E-state index < -0.39 is 5.91 Å². The van der Waals surface area contributed by atoms with Crippen molar-refractivity contribution >= 4 is 29.5 Å². The number of nitrogens with two attached hydrogens (primary N) is 1. The number of aromatic amines is 1. The molecule has 2 aromatic heterocycles. The van der Waals surface area contributed by atoms with E-state index in [1.165, 1.54) is 0 Å². The summed E-state index contributed by atoms with van der Waals surface area (Å²) in [4.78, 5) is 24.7. The Balaban J connectivity index is 1.50. The van der Waals surface area contributed by atoms with Gasteiger partial charge in [0.15, 0.2) is 5.82 Å². The lowest BCUT2D eigenvalue weighted by Gasteiger charge is -2.04. The van der Waals surface area contributed by atoms with Gasteiger partial charge in [0, 0.05) is 29.5 Å². The minimum atomic E-state index is -0.607. The fourth-order valence-corrected chi connectivity index (χ4v) is 3.25. The van der Waals surface area contributed by atoms with Gasteiger partial charge in [-0.15, -0.1) is 0 Å². The molecule has 2 aromatic carbocycles. The highest BCUT2D eigenvalue weighted by atomic mass is 35.5. The van der Waals surface area contributed by atoms with Gasteiger partial charge in [-0.3, -0.25) is 9.89 Å². The Morgan fingerprint density at radius 1 is 1.22 bits per heavy atom. The van der Waals surface area contributed by atoms with Crippen LogP contribution in [0.3, 0.4) is 0 Å². The number of ether oxygens (including phenoxy) is 1. The van der Waals surface area contributed by atoms with Crippen LogP contribution >= 0.6 is 11.6 Å². The van der Waals surface area contributed by atoms with Crippen molar-refractivity contribution in [2.75, 3.05) is 0 Å². The molecule has 0 aliphatic carbocycles. The molecule has 0 fully saturated rings. The number of H-pyrrole nitrogens is 1. The largest absolute Gasteiger partial charge is 0.424 e. The van der Waals surface area contributed by atoms with Crippen molar-refractivity contribution in [3.63, 3.8) is 0 Å². The molecular weight excluding hydrogens is 428 g/mol. The van der Waals surface area contributed by atoms with Crippen LogP contribution in [-0.4, -0.2) is 32.3 Å². The average molecular weight is 447 g/mol. The molecule has 0 bridgehead atoms. The summed E-state index contributed by atoms with van der Waals surface area (Å²) in [5, 5.41) is 7.63. The van der Waals surface area contributed by atoms with Gasteiger partial charge in [-0.25, -0.2) is 15.0 Å². The number of aryl methyl sites for hydroxylation is 1. The molecule has 2 heterocycles. The van der Waals surface area contributed by atoms with Crippen molar-refractivity contribution in [2.45, 2.75) is 13.3 Å². The summed E-state index contributed by atoms with van der Waals surface area (Å²) >= 11 is 6.04. The number of nitrogens with one attached hydrogen (secondary N) is 1. The van der Waals surface area contributed by atoms with Crippen LogP contribution in [0.15, 0.2) is 65.8 Å². The van der Waals surface area contributed by atoms with E-state index in [1.807, 2.05) is 37.3 Å². The van der Waals surface area contributed by atoms with E-state index in [2.05, 4.69) is 25.2 Å². The lowest BCUT2D eigenvalue weighted by atomic mass is 10.1. The van der Waals surface area contributed by atoms with Gasteiger partial charge < -0.3 is 10.5 Å². The van der Waals surface area contributed by atoms with E-state index in [0.29, 0.717) is 22.9 Å². The molecule has 0 unspecified atom stereocenters. The number of aromatic nitrogens is 4. The highest BCUT2D eigenvalue weighted by molar-refractivity contribution is 6.30. The Labute approximate surface area is 189 Å². The van der Waals surface area contributed by atoms with E-state index in [-0.39, 0.29) is 17.4 Å². The zero-order valence-electron chi connectivity index (χ0n) is 17.1. The van der Waals surface area contributed by atoms with Crippen molar-refractivity contribution in [1.29, 1.82) is 0 Å². The molecule has 32 heavy (non-hydrogen) atoms. The number of carbonyl (C=O) groups is 1. The second-order valence-corrected chi connectivity index (χ2v) is 7.42. The molecule has 4 rings (SSSR count). The molecule has 0 atom stereocenters. The number of rotatable bonds is 7.